The molecule has 7 atom stereocenters. The zero-order valence-electron chi connectivity index (χ0n) is 40.1. The van der Waals surface area contributed by atoms with Crippen molar-refractivity contribution in [2.45, 2.75) is 113 Å². The van der Waals surface area contributed by atoms with Gasteiger partial charge in [0, 0.05) is 48.5 Å². The number of alkyl carbamates (subject to hydrolysis) is 1. The Morgan fingerprint density at radius 2 is 1.68 bits per heavy atom. The van der Waals surface area contributed by atoms with Crippen LogP contribution < -0.4 is 22.1 Å². The largest absolute Gasteiger partial charge is 0.465 e. The van der Waals surface area contributed by atoms with Crippen LogP contribution in [0.1, 0.15) is 76.8 Å². The van der Waals surface area contributed by atoms with Gasteiger partial charge in [0.05, 0.1) is 55.6 Å². The van der Waals surface area contributed by atoms with E-state index in [1.807, 2.05) is 48.7 Å². The van der Waals surface area contributed by atoms with E-state index in [0.717, 1.165) is 24.8 Å². The molecule has 4 heterocycles. The number of fused-ring (bicyclic) bond motifs is 2. The number of ether oxygens (including phenoxy) is 5. The predicted molar refractivity (Wildman–Crippen MR) is 272 cm³/mol. The summed E-state index contributed by atoms with van der Waals surface area (Å²) in [5.41, 5.74) is 14.6. The Hall–Kier alpha value is -5.13. The molecule has 0 bridgehead atoms. The van der Waals surface area contributed by atoms with Gasteiger partial charge in [-0.3, -0.25) is 9.59 Å². The molecule has 1 saturated carbocycles. The van der Waals surface area contributed by atoms with E-state index in [1.165, 1.54) is 28.6 Å². The number of imidazole rings is 1. The number of amides is 1. The first kappa shape index (κ1) is 52.2. The van der Waals surface area contributed by atoms with E-state index in [1.54, 1.807) is 27.9 Å². The number of rotatable bonds is 26. The maximum Gasteiger partial charge on any atom is 0.407 e. The van der Waals surface area contributed by atoms with E-state index < -0.39 is 46.6 Å². The first-order valence-corrected chi connectivity index (χ1v) is 28.4. The Kier molecular flexibility index (Phi) is 18.0. The third kappa shape index (κ3) is 14.5. The number of carbonyl (C=O) groups excluding carboxylic acids is 3. The minimum Gasteiger partial charge on any atom is -0.465 e. The second-order valence-electron chi connectivity index (χ2n) is 18.9. The van der Waals surface area contributed by atoms with Gasteiger partial charge in [0.15, 0.2) is 23.3 Å². The Bertz CT molecular complexity index is 2570. The number of anilines is 3. The lowest BCUT2D eigenvalue weighted by atomic mass is 10.0. The maximum atomic E-state index is 14.3. The van der Waals surface area contributed by atoms with Crippen molar-refractivity contribution in [3.05, 3.63) is 78.6 Å². The number of aromatic nitrogens is 4. The summed E-state index contributed by atoms with van der Waals surface area (Å²) in [6.07, 6.45) is 8.43. The average molecular weight is 1040 g/mol. The monoisotopic (exact) mass is 1040 g/mol. The van der Waals surface area contributed by atoms with Crippen molar-refractivity contribution in [1.29, 1.82) is 0 Å². The molecular weight excluding hydrogens is 971 g/mol. The fraction of sp³-hybridized carbons (Fsp3) is 0.551. The lowest BCUT2D eigenvalue weighted by Gasteiger charge is -2.33. The van der Waals surface area contributed by atoms with Gasteiger partial charge in [-0.25, -0.2) is 18.2 Å². The van der Waals surface area contributed by atoms with Crippen molar-refractivity contribution in [1.82, 2.24) is 29.1 Å². The lowest BCUT2D eigenvalue weighted by Crippen LogP contribution is -2.53. The lowest BCUT2D eigenvalue weighted by molar-refractivity contribution is -0.151. The Morgan fingerprint density at radius 3 is 2.41 bits per heavy atom. The number of esters is 2. The molecule has 3 fully saturated rings. The van der Waals surface area contributed by atoms with Crippen LogP contribution in [0.25, 0.3) is 11.2 Å². The summed E-state index contributed by atoms with van der Waals surface area (Å²) >= 11 is 0. The summed E-state index contributed by atoms with van der Waals surface area (Å²) < 4.78 is 60.9. The number of nitrogens with one attached hydrogen (secondary N) is 2. The molecule has 2 saturated heterocycles. The van der Waals surface area contributed by atoms with Crippen molar-refractivity contribution in [3.63, 3.8) is 0 Å². The van der Waals surface area contributed by atoms with Gasteiger partial charge in [0.1, 0.15) is 12.2 Å². The van der Waals surface area contributed by atoms with E-state index in [4.69, 9.17) is 35.2 Å². The molecule has 2 aliphatic heterocycles. The highest BCUT2D eigenvalue weighted by Gasteiger charge is 2.44. The highest BCUT2D eigenvalue weighted by atomic mass is 33.1. The summed E-state index contributed by atoms with van der Waals surface area (Å²) in [5.74, 6) is 1.28. The number of benzene rings is 2. The first-order valence-electron chi connectivity index (χ1n) is 24.4. The van der Waals surface area contributed by atoms with Gasteiger partial charge in [0.25, 0.3) is 0 Å². The number of nitrogen functional groups attached to an aromatic ring is 2. The van der Waals surface area contributed by atoms with Gasteiger partial charge in [-0.15, -0.1) is 0 Å². The van der Waals surface area contributed by atoms with Gasteiger partial charge in [-0.1, -0.05) is 77.9 Å². The van der Waals surface area contributed by atoms with Crippen LogP contribution >= 0.6 is 21.6 Å². The van der Waals surface area contributed by atoms with E-state index in [2.05, 4.69) is 37.7 Å². The van der Waals surface area contributed by atoms with Crippen molar-refractivity contribution in [2.75, 3.05) is 61.2 Å². The number of hydrogen-bond acceptors (Lipinski definition) is 18. The van der Waals surface area contributed by atoms with Crippen LogP contribution in [0.2, 0.25) is 0 Å². The molecule has 8 rings (SSSR count). The van der Waals surface area contributed by atoms with Gasteiger partial charge in [0.2, 0.25) is 16.0 Å². The zero-order valence-corrected chi connectivity index (χ0v) is 42.6. The van der Waals surface area contributed by atoms with E-state index >= 15 is 0 Å². The van der Waals surface area contributed by atoms with Gasteiger partial charge in [-0.05, 0) is 80.7 Å². The topological polar surface area (TPSA) is 254 Å². The minimum atomic E-state index is -4.11. The highest BCUT2D eigenvalue weighted by Crippen LogP contribution is 2.35. The molecule has 2 aromatic heterocycles. The van der Waals surface area contributed by atoms with Crippen LogP contribution in [-0.4, -0.2) is 125 Å². The molecule has 19 nitrogen and oxygen atoms in total. The van der Waals surface area contributed by atoms with Crippen LogP contribution in [0.15, 0.2) is 78.0 Å². The Morgan fingerprint density at radius 1 is 0.930 bits per heavy atom. The molecule has 2 aliphatic carbocycles. The number of nitrogens with two attached hydrogens (primary N) is 2. The van der Waals surface area contributed by atoms with Crippen LogP contribution in [-0.2, 0) is 49.7 Å². The second kappa shape index (κ2) is 24.5. The number of allylic oxidation sites excluding steroid dienone is 1. The summed E-state index contributed by atoms with van der Waals surface area (Å²) in [4.78, 5) is 53.6. The van der Waals surface area contributed by atoms with Crippen molar-refractivity contribution in [3.8, 4) is 0 Å². The van der Waals surface area contributed by atoms with Gasteiger partial charge < -0.3 is 50.4 Å². The van der Waals surface area contributed by atoms with Crippen LogP contribution in [0, 0.1) is 17.8 Å². The number of nitrogens with zero attached hydrogens (tertiary/aromatic N) is 5. The Balaban J connectivity index is 0.810. The standard InChI is InChI=1S/C49H65N9O10S3/c1-31(2)26-57(71(62,63)37-18-13-34(50)14-19-37)27-40(39(25-32-8-4-3-5-9-32)54-49(61)68-41-29-66-47-38(41)20-21-64-47)67-43(60)11-7-23-70-69-22-6-10-42(59)65-28-33-12-17-36(24-33)58-30-52-44-45(53-35-15-16-35)55-48(51)56-46(44)58/h3-5,8-9,12-14,17-19,30-31,33,35-36,38-41,47H,6-7,10-11,15-16,20-29,50H2,1-2H3,(H,54,61)(H3,51,53,55,56)/t33-,36?,38-,39+,40-,41-,47+/m1/s1. The molecule has 2 aromatic carbocycles. The second-order valence-corrected chi connectivity index (χ2v) is 23.5. The molecule has 6 N–H and O–H groups in total. The highest BCUT2D eigenvalue weighted by molar-refractivity contribution is 8.76. The summed E-state index contributed by atoms with van der Waals surface area (Å²) in [5, 5.41) is 6.35. The number of sulfonamides is 1. The molecule has 384 valence electrons. The van der Waals surface area contributed by atoms with E-state index in [0.29, 0.717) is 66.1 Å². The molecule has 4 aliphatic rings. The third-order valence-corrected chi connectivity index (χ3v) is 17.1. The Labute approximate surface area is 422 Å². The SMILES string of the molecule is CC(C)CN(C[C@@H](OC(=O)CCCSSCCCC(=O)OC[C@@H]1C=CC(n2cnc3c(NC4CC4)nc(N)nc32)C1)[C@H](Cc1ccccc1)NC(=O)O[C@@H]1CO[C@@H]2OCC[C@@H]21)S(=O)(=O)c1ccc(N)cc1. The molecule has 71 heavy (non-hydrogen) atoms. The van der Waals surface area contributed by atoms with Crippen LogP contribution in [0.4, 0.5) is 22.2 Å². The fourth-order valence-electron chi connectivity index (χ4n) is 8.88. The molecular formula is C49H65N9O10S3. The fourth-order valence-corrected chi connectivity index (χ4v) is 12.7. The molecule has 4 aromatic rings. The van der Waals surface area contributed by atoms with Crippen LogP contribution in [0.5, 0.6) is 0 Å². The van der Waals surface area contributed by atoms with Gasteiger partial charge in [-0.2, -0.15) is 14.3 Å². The number of hydrogen-bond donors (Lipinski definition) is 4. The maximum absolute atomic E-state index is 14.3. The summed E-state index contributed by atoms with van der Waals surface area (Å²) in [7, 11) is -0.901. The molecule has 0 radical (unpaired) electrons. The third-order valence-electron chi connectivity index (χ3n) is 12.7. The quantitative estimate of drug-likeness (QED) is 0.0130. The minimum absolute atomic E-state index is 0.00574. The van der Waals surface area contributed by atoms with Crippen molar-refractivity contribution in [2.24, 2.45) is 17.8 Å². The normalized spacial score (nSPS) is 21.6. The van der Waals surface area contributed by atoms with Crippen LogP contribution in [0.3, 0.4) is 0 Å². The average Bonchev–Trinajstić information content (AvgIpc) is 3.69. The van der Waals surface area contributed by atoms with Gasteiger partial charge >= 0.3 is 18.0 Å². The molecule has 1 unspecified atom stereocenters. The zero-order chi connectivity index (χ0) is 49.9. The predicted octanol–water partition coefficient (Wildman–Crippen LogP) is 6.52. The molecule has 0 spiro atoms. The smallest absolute Gasteiger partial charge is 0.407 e. The summed E-state index contributed by atoms with van der Waals surface area (Å²) in [6.45, 7) is 4.67. The summed E-state index contributed by atoms with van der Waals surface area (Å²) in [6, 6.07) is 14.9. The van der Waals surface area contributed by atoms with Crippen molar-refractivity contribution < 1.29 is 46.5 Å². The van der Waals surface area contributed by atoms with Crippen molar-refractivity contribution >= 4 is 78.3 Å². The van der Waals surface area contributed by atoms with E-state index in [-0.39, 0.29) is 86.2 Å². The first-order chi connectivity index (χ1) is 34.3. The molecule has 1 amide bonds. The molecule has 22 heteroatoms. The van der Waals surface area contributed by atoms with E-state index in [9.17, 15) is 22.8 Å². The number of carbonyl (C=O) groups is 3.